The largest absolute Gasteiger partial charge is 0.493 e. The molecule has 142 valence electrons. The van der Waals surface area contributed by atoms with Gasteiger partial charge in [0, 0.05) is 0 Å². The molecule has 3 unspecified atom stereocenters. The highest BCUT2D eigenvalue weighted by atomic mass is 32.2. The maximum Gasteiger partial charge on any atom is 0.407 e. The van der Waals surface area contributed by atoms with Crippen molar-refractivity contribution in [3.05, 3.63) is 28.7 Å². The van der Waals surface area contributed by atoms with Crippen LogP contribution in [0.1, 0.15) is 5.56 Å². The van der Waals surface area contributed by atoms with Crippen molar-refractivity contribution >= 4 is 35.5 Å². The maximum atomic E-state index is 12.8. The second-order valence-corrected chi connectivity index (χ2v) is 8.40. The minimum atomic E-state index is -4.41. The average molecular weight is 406 g/mol. The fraction of sp³-hybridized carbons (Fsp3) is 0.438. The van der Waals surface area contributed by atoms with E-state index in [0.717, 1.165) is 0 Å². The Hall–Kier alpha value is -1.52. The van der Waals surface area contributed by atoms with E-state index in [1.54, 1.807) is 30.0 Å². The van der Waals surface area contributed by atoms with Crippen LogP contribution >= 0.6 is 23.5 Å². The standard InChI is InChI=1S/C16H17F3N2O3S2/c1-20-12(16(17,18)19)7-24-9-4-3-8(5-10(9)23-2)6-11-13(22)21-14-15(25-11)26-14/h3-6,12,14-15,20H,7H2,1-2H3,(H,21,22)/b11-6-. The first-order valence-electron chi connectivity index (χ1n) is 7.71. The highest BCUT2D eigenvalue weighted by Crippen LogP contribution is 2.53. The van der Waals surface area contributed by atoms with E-state index in [1.165, 1.54) is 32.0 Å². The van der Waals surface area contributed by atoms with Crippen LogP contribution in [0.3, 0.4) is 0 Å². The Morgan fingerprint density at radius 3 is 2.81 bits per heavy atom. The summed E-state index contributed by atoms with van der Waals surface area (Å²) in [6.07, 6.45) is -2.68. The minimum absolute atomic E-state index is 0.123. The van der Waals surface area contributed by atoms with Crippen LogP contribution in [-0.2, 0) is 4.79 Å². The number of amides is 1. The lowest BCUT2D eigenvalue weighted by Gasteiger charge is -2.20. The molecule has 0 aromatic heterocycles. The van der Waals surface area contributed by atoms with Crippen LogP contribution in [0.4, 0.5) is 13.2 Å². The monoisotopic (exact) mass is 406 g/mol. The number of likely N-dealkylation sites (N-methyl/N-ethyl adjacent to an activating group) is 1. The second-order valence-electron chi connectivity index (χ2n) is 5.63. The fourth-order valence-electron chi connectivity index (χ4n) is 2.33. The van der Waals surface area contributed by atoms with Gasteiger partial charge in [0.1, 0.15) is 12.6 Å². The smallest absolute Gasteiger partial charge is 0.407 e. The maximum absolute atomic E-state index is 12.8. The summed E-state index contributed by atoms with van der Waals surface area (Å²) in [5.74, 6) is 0.386. The lowest BCUT2D eigenvalue weighted by Crippen LogP contribution is -2.44. The van der Waals surface area contributed by atoms with E-state index >= 15 is 0 Å². The summed E-state index contributed by atoms with van der Waals surface area (Å²) in [6, 6.07) is 3.06. The molecule has 10 heteroatoms. The van der Waals surface area contributed by atoms with Crippen LogP contribution in [0.5, 0.6) is 11.5 Å². The highest BCUT2D eigenvalue weighted by Gasteiger charge is 2.46. The minimum Gasteiger partial charge on any atom is -0.493 e. The third-order valence-corrected chi connectivity index (χ3v) is 6.59. The fourth-order valence-corrected chi connectivity index (χ4v) is 4.64. The summed E-state index contributed by atoms with van der Waals surface area (Å²) >= 11 is 3.20. The van der Waals surface area contributed by atoms with Gasteiger partial charge in [-0.3, -0.25) is 4.79 Å². The number of carbonyl (C=O) groups is 1. The molecule has 3 rings (SSSR count). The van der Waals surface area contributed by atoms with Gasteiger partial charge in [0.15, 0.2) is 11.5 Å². The van der Waals surface area contributed by atoms with Crippen molar-refractivity contribution in [2.24, 2.45) is 0 Å². The molecule has 3 atom stereocenters. The molecule has 2 aliphatic heterocycles. The third kappa shape index (κ3) is 4.41. The number of fused-ring (bicyclic) bond motifs is 1. The Bertz CT molecular complexity index is 727. The number of methoxy groups -OCH3 is 1. The lowest BCUT2D eigenvalue weighted by molar-refractivity contribution is -0.160. The Kier molecular flexibility index (Phi) is 5.64. The van der Waals surface area contributed by atoms with E-state index in [0.29, 0.717) is 20.8 Å². The molecule has 0 radical (unpaired) electrons. The van der Waals surface area contributed by atoms with Crippen LogP contribution in [0.2, 0.25) is 0 Å². The Balaban J connectivity index is 1.72. The van der Waals surface area contributed by atoms with Crippen LogP contribution in [0, 0.1) is 0 Å². The van der Waals surface area contributed by atoms with Crippen molar-refractivity contribution < 1.29 is 27.4 Å². The molecule has 1 aromatic rings. The summed E-state index contributed by atoms with van der Waals surface area (Å²) in [7, 11) is 2.63. The zero-order valence-corrected chi connectivity index (χ0v) is 15.6. The van der Waals surface area contributed by atoms with Crippen molar-refractivity contribution in [3.63, 3.8) is 0 Å². The predicted molar refractivity (Wildman–Crippen MR) is 96.3 cm³/mol. The molecule has 0 aliphatic carbocycles. The topological polar surface area (TPSA) is 59.6 Å². The zero-order valence-electron chi connectivity index (χ0n) is 13.9. The molecule has 5 nitrogen and oxygen atoms in total. The molecule has 2 fully saturated rings. The van der Waals surface area contributed by atoms with Gasteiger partial charge in [0.2, 0.25) is 0 Å². The Labute approximate surface area is 157 Å². The van der Waals surface area contributed by atoms with Gasteiger partial charge >= 0.3 is 6.18 Å². The summed E-state index contributed by atoms with van der Waals surface area (Å²) < 4.78 is 49.2. The predicted octanol–water partition coefficient (Wildman–Crippen LogP) is 2.83. The van der Waals surface area contributed by atoms with Gasteiger partial charge in [0.25, 0.3) is 5.91 Å². The highest BCUT2D eigenvalue weighted by molar-refractivity contribution is 8.26. The molecule has 2 N–H and O–H groups in total. The molecule has 26 heavy (non-hydrogen) atoms. The number of hydrogen-bond acceptors (Lipinski definition) is 6. The zero-order chi connectivity index (χ0) is 18.9. The number of benzene rings is 1. The number of nitrogens with one attached hydrogen (secondary N) is 2. The van der Waals surface area contributed by atoms with Crippen molar-refractivity contribution in [1.82, 2.24) is 10.6 Å². The summed E-state index contributed by atoms with van der Waals surface area (Å²) in [5.41, 5.74) is 0.705. The van der Waals surface area contributed by atoms with E-state index in [1.807, 2.05) is 0 Å². The van der Waals surface area contributed by atoms with Crippen molar-refractivity contribution in [3.8, 4) is 11.5 Å². The quantitative estimate of drug-likeness (QED) is 0.560. The van der Waals surface area contributed by atoms with E-state index in [9.17, 15) is 18.0 Å². The number of thioether (sulfide) groups is 2. The van der Waals surface area contributed by atoms with Gasteiger partial charge in [-0.2, -0.15) is 13.2 Å². The lowest BCUT2D eigenvalue weighted by atomic mass is 10.2. The number of alkyl halides is 3. The van der Waals surface area contributed by atoms with Gasteiger partial charge in [-0.15, -0.1) is 23.5 Å². The van der Waals surface area contributed by atoms with E-state index in [4.69, 9.17) is 9.47 Å². The molecular formula is C16H17F3N2O3S2. The number of rotatable bonds is 6. The van der Waals surface area contributed by atoms with Gasteiger partial charge < -0.3 is 20.1 Å². The van der Waals surface area contributed by atoms with E-state index in [-0.39, 0.29) is 17.0 Å². The number of ether oxygens (including phenoxy) is 2. The second kappa shape index (κ2) is 7.61. The molecule has 2 aliphatic rings. The average Bonchev–Trinajstić information content (AvgIpc) is 3.33. The normalized spacial score (nSPS) is 24.7. The first kappa shape index (κ1) is 19.2. The van der Waals surface area contributed by atoms with Gasteiger partial charge in [-0.1, -0.05) is 6.07 Å². The molecule has 1 amide bonds. The first-order chi connectivity index (χ1) is 12.3. The number of carbonyl (C=O) groups excluding carboxylic acids is 1. The van der Waals surface area contributed by atoms with Crippen LogP contribution < -0.4 is 20.1 Å². The molecule has 0 bridgehead atoms. The summed E-state index contributed by atoms with van der Waals surface area (Å²) in [5, 5.41) is 5.26. The Morgan fingerprint density at radius 1 is 1.38 bits per heavy atom. The summed E-state index contributed by atoms with van der Waals surface area (Å²) in [6.45, 7) is -0.574. The van der Waals surface area contributed by atoms with E-state index < -0.39 is 18.8 Å². The summed E-state index contributed by atoms with van der Waals surface area (Å²) in [4.78, 5) is 12.6. The first-order valence-corrected chi connectivity index (χ1v) is 9.53. The van der Waals surface area contributed by atoms with Crippen LogP contribution in [0.25, 0.3) is 6.08 Å². The molecule has 1 aromatic carbocycles. The molecule has 0 saturated carbocycles. The van der Waals surface area contributed by atoms with Gasteiger partial charge in [-0.25, -0.2) is 0 Å². The molecule has 2 saturated heterocycles. The molecule has 0 spiro atoms. The van der Waals surface area contributed by atoms with Crippen molar-refractivity contribution in [1.29, 1.82) is 0 Å². The van der Waals surface area contributed by atoms with Crippen LogP contribution in [-0.4, -0.2) is 48.8 Å². The van der Waals surface area contributed by atoms with Crippen LogP contribution in [0.15, 0.2) is 23.1 Å². The van der Waals surface area contributed by atoms with E-state index in [2.05, 4.69) is 10.6 Å². The molecular weight excluding hydrogens is 389 g/mol. The van der Waals surface area contributed by atoms with Crippen molar-refractivity contribution in [2.45, 2.75) is 22.2 Å². The van der Waals surface area contributed by atoms with Gasteiger partial charge in [0.05, 0.1) is 22.0 Å². The Morgan fingerprint density at radius 2 is 2.15 bits per heavy atom. The third-order valence-electron chi connectivity index (χ3n) is 3.83. The number of halogens is 3. The van der Waals surface area contributed by atoms with Gasteiger partial charge in [-0.05, 0) is 30.8 Å². The molecule has 2 heterocycles. The SMILES string of the molecule is CNC(COc1ccc(/C=C2\SC3SC3NC2=O)cc1OC)C(F)(F)F. The van der Waals surface area contributed by atoms with Crippen molar-refractivity contribution in [2.75, 3.05) is 20.8 Å². The number of hydrogen-bond donors (Lipinski definition) is 2.